The second kappa shape index (κ2) is 12.2. The summed E-state index contributed by atoms with van der Waals surface area (Å²) in [5, 5.41) is 24.2. The largest absolute Gasteiger partial charge is 0.379 e. The monoisotopic (exact) mass is 546 g/mol. The van der Waals surface area contributed by atoms with E-state index in [0.717, 1.165) is 73.0 Å². The minimum Gasteiger partial charge on any atom is -0.379 e. The molecule has 0 spiro atoms. The molecule has 3 N–H and O–H groups in total. The molecule has 1 saturated heterocycles. The number of ether oxygens (including phenoxy) is 1. The maximum absolute atomic E-state index is 5.54. The van der Waals surface area contributed by atoms with E-state index in [1.54, 1.807) is 6.20 Å². The second-order valence-corrected chi connectivity index (χ2v) is 11.0. The van der Waals surface area contributed by atoms with E-state index in [9.17, 15) is 0 Å². The molecule has 2 fully saturated rings. The fourth-order valence-corrected chi connectivity index (χ4v) is 5.85. The molecule has 12 heteroatoms. The van der Waals surface area contributed by atoms with Crippen LogP contribution in [0.5, 0.6) is 0 Å². The topological polar surface area (TPSA) is 118 Å². The normalized spacial score (nSPS) is 20.1. The Kier molecular flexibility index (Phi) is 8.05. The lowest BCUT2D eigenvalue weighted by Crippen LogP contribution is -2.36. The smallest absolute Gasteiger partial charge is 0.216 e. The highest BCUT2D eigenvalue weighted by atomic mass is 32.1. The summed E-state index contributed by atoms with van der Waals surface area (Å²) in [7, 11) is 2.05. The molecule has 0 bridgehead atoms. The van der Waals surface area contributed by atoms with E-state index in [0.29, 0.717) is 17.9 Å². The quantitative estimate of drug-likeness (QED) is 0.287. The maximum atomic E-state index is 5.54. The summed E-state index contributed by atoms with van der Waals surface area (Å²) in [6.45, 7) is 4.29. The molecule has 0 radical (unpaired) electrons. The van der Waals surface area contributed by atoms with Crippen LogP contribution in [0.4, 0.5) is 16.8 Å². The predicted molar refractivity (Wildman–Crippen MR) is 153 cm³/mol. The van der Waals surface area contributed by atoms with E-state index >= 15 is 0 Å². The Morgan fingerprint density at radius 3 is 2.56 bits per heavy atom. The standard InChI is InChI=1S/C27H34N10OS/c1-28-20-7-9-21(10-8-20)30-24-15-19(18-36-11-13-38-14-12-36)16-25(31-24)32-27-29-17-23(39-27)26-33-35-37(34-26)22-5-3-2-4-6-22/h2-6,15-17,20-21,28H,7-14,18H2,1H3,(H2,29,30,31,32). The van der Waals surface area contributed by atoms with Crippen molar-refractivity contribution in [3.05, 3.63) is 54.2 Å². The van der Waals surface area contributed by atoms with Crippen LogP contribution in [0.3, 0.4) is 0 Å². The van der Waals surface area contributed by atoms with Gasteiger partial charge in [0.15, 0.2) is 5.13 Å². The SMILES string of the molecule is CNC1CCC(Nc2cc(CN3CCOCC3)cc(Nc3ncc(-c4nnn(-c5ccccc5)n4)s3)n2)CC1. The van der Waals surface area contributed by atoms with Crippen molar-refractivity contribution >= 4 is 28.1 Å². The molecule has 3 aromatic heterocycles. The van der Waals surface area contributed by atoms with Gasteiger partial charge in [-0.1, -0.05) is 29.5 Å². The fraction of sp³-hybridized carbons (Fsp3) is 0.444. The van der Waals surface area contributed by atoms with Gasteiger partial charge in [0, 0.05) is 31.7 Å². The molecule has 39 heavy (non-hydrogen) atoms. The molecule has 4 aromatic rings. The summed E-state index contributed by atoms with van der Waals surface area (Å²) in [5.41, 5.74) is 2.07. The van der Waals surface area contributed by atoms with Crippen LogP contribution >= 0.6 is 11.3 Å². The molecule has 4 heterocycles. The van der Waals surface area contributed by atoms with E-state index in [4.69, 9.17) is 9.72 Å². The van der Waals surface area contributed by atoms with Gasteiger partial charge >= 0.3 is 0 Å². The Hall–Kier alpha value is -3.45. The zero-order valence-electron chi connectivity index (χ0n) is 22.1. The Bertz CT molecular complexity index is 1350. The number of benzene rings is 1. The summed E-state index contributed by atoms with van der Waals surface area (Å²) in [6.07, 6.45) is 6.40. The van der Waals surface area contributed by atoms with Crippen LogP contribution in [0.15, 0.2) is 48.7 Å². The molecular formula is C27H34N10OS. The highest BCUT2D eigenvalue weighted by Crippen LogP contribution is 2.30. The van der Waals surface area contributed by atoms with Crippen molar-refractivity contribution < 1.29 is 4.74 Å². The van der Waals surface area contributed by atoms with Gasteiger partial charge in [0.1, 0.15) is 11.6 Å². The Balaban J connectivity index is 1.18. The summed E-state index contributed by atoms with van der Waals surface area (Å²) < 4.78 is 5.54. The van der Waals surface area contributed by atoms with Crippen molar-refractivity contribution in [2.24, 2.45) is 0 Å². The molecule has 0 unspecified atom stereocenters. The lowest BCUT2D eigenvalue weighted by atomic mass is 9.91. The number of rotatable bonds is 9. The van der Waals surface area contributed by atoms with Crippen molar-refractivity contribution in [3.8, 4) is 16.4 Å². The van der Waals surface area contributed by atoms with Crippen molar-refractivity contribution in [2.75, 3.05) is 44.0 Å². The minimum atomic E-state index is 0.429. The Labute approximate surface area is 232 Å². The number of hydrogen-bond donors (Lipinski definition) is 3. The number of nitrogens with zero attached hydrogens (tertiary/aromatic N) is 7. The molecule has 1 saturated carbocycles. The van der Waals surface area contributed by atoms with Crippen molar-refractivity contribution in [1.82, 2.24) is 40.4 Å². The first kappa shape index (κ1) is 25.8. The van der Waals surface area contributed by atoms with E-state index in [-0.39, 0.29) is 0 Å². The molecule has 204 valence electrons. The van der Waals surface area contributed by atoms with E-state index in [1.807, 2.05) is 30.3 Å². The molecule has 1 aliphatic heterocycles. The van der Waals surface area contributed by atoms with Crippen LogP contribution in [0, 0.1) is 0 Å². The number of morpholine rings is 1. The van der Waals surface area contributed by atoms with Crippen LogP contribution < -0.4 is 16.0 Å². The first-order valence-electron chi connectivity index (χ1n) is 13.6. The Morgan fingerprint density at radius 1 is 1.00 bits per heavy atom. The molecule has 2 aliphatic rings. The van der Waals surface area contributed by atoms with E-state index in [2.05, 4.69) is 60.4 Å². The van der Waals surface area contributed by atoms with Crippen LogP contribution in [-0.2, 0) is 11.3 Å². The third-order valence-corrected chi connectivity index (χ3v) is 8.15. The zero-order chi connectivity index (χ0) is 26.4. The zero-order valence-corrected chi connectivity index (χ0v) is 22.9. The van der Waals surface area contributed by atoms with Gasteiger partial charge in [-0.3, -0.25) is 4.90 Å². The fourth-order valence-electron chi connectivity index (χ4n) is 5.10. The Morgan fingerprint density at radius 2 is 1.77 bits per heavy atom. The average Bonchev–Trinajstić information content (AvgIpc) is 3.65. The number of hydrogen-bond acceptors (Lipinski definition) is 11. The summed E-state index contributed by atoms with van der Waals surface area (Å²) in [5.74, 6) is 2.22. The van der Waals surface area contributed by atoms with Gasteiger partial charge in [0.05, 0.1) is 30.0 Å². The highest BCUT2D eigenvalue weighted by Gasteiger charge is 2.21. The summed E-state index contributed by atoms with van der Waals surface area (Å²) in [4.78, 5) is 14.3. The first-order valence-corrected chi connectivity index (χ1v) is 14.4. The van der Waals surface area contributed by atoms with Crippen LogP contribution in [-0.4, -0.2) is 80.5 Å². The van der Waals surface area contributed by atoms with E-state index in [1.165, 1.54) is 34.5 Å². The van der Waals surface area contributed by atoms with Gasteiger partial charge < -0.3 is 20.7 Å². The van der Waals surface area contributed by atoms with Crippen molar-refractivity contribution in [1.29, 1.82) is 0 Å². The van der Waals surface area contributed by atoms with Gasteiger partial charge in [-0.2, -0.15) is 0 Å². The second-order valence-electron chi connectivity index (χ2n) is 10.0. The van der Waals surface area contributed by atoms with Crippen LogP contribution in [0.25, 0.3) is 16.4 Å². The number of nitrogens with one attached hydrogen (secondary N) is 3. The molecule has 0 atom stereocenters. The molecule has 6 rings (SSSR count). The number of pyridine rings is 1. The lowest BCUT2D eigenvalue weighted by molar-refractivity contribution is 0.0342. The van der Waals surface area contributed by atoms with E-state index < -0.39 is 0 Å². The predicted octanol–water partition coefficient (Wildman–Crippen LogP) is 3.70. The minimum absolute atomic E-state index is 0.429. The van der Waals surface area contributed by atoms with Gasteiger partial charge in [0.2, 0.25) is 5.82 Å². The number of para-hydroxylation sites is 1. The van der Waals surface area contributed by atoms with Gasteiger partial charge in [-0.15, -0.1) is 15.0 Å². The molecule has 0 amide bonds. The molecule has 11 nitrogen and oxygen atoms in total. The number of tetrazole rings is 1. The van der Waals surface area contributed by atoms with Crippen LogP contribution in [0.2, 0.25) is 0 Å². The third-order valence-electron chi connectivity index (χ3n) is 7.24. The lowest BCUT2D eigenvalue weighted by Gasteiger charge is -2.30. The highest BCUT2D eigenvalue weighted by molar-refractivity contribution is 7.18. The number of thiazole rings is 1. The van der Waals surface area contributed by atoms with Gasteiger partial charge in [-0.25, -0.2) is 9.97 Å². The molecule has 1 aliphatic carbocycles. The van der Waals surface area contributed by atoms with Crippen LogP contribution in [0.1, 0.15) is 31.2 Å². The third kappa shape index (κ3) is 6.59. The molecule has 1 aromatic carbocycles. The van der Waals surface area contributed by atoms with Gasteiger partial charge in [-0.05, 0) is 67.8 Å². The first-order chi connectivity index (χ1) is 19.2. The maximum Gasteiger partial charge on any atom is 0.216 e. The number of anilines is 3. The van der Waals surface area contributed by atoms with Crippen molar-refractivity contribution in [3.63, 3.8) is 0 Å². The summed E-state index contributed by atoms with van der Waals surface area (Å²) >= 11 is 1.48. The van der Waals surface area contributed by atoms with Crippen molar-refractivity contribution in [2.45, 2.75) is 44.3 Å². The molecular weight excluding hydrogens is 512 g/mol. The summed E-state index contributed by atoms with van der Waals surface area (Å²) in [6, 6.07) is 15.1. The number of aromatic nitrogens is 6. The average molecular weight is 547 g/mol. The van der Waals surface area contributed by atoms with Gasteiger partial charge in [0.25, 0.3) is 0 Å².